The molecule has 92 valence electrons. The van der Waals surface area contributed by atoms with Crippen molar-refractivity contribution in [2.75, 3.05) is 33.4 Å². The molecule has 7 nitrogen and oxygen atoms in total. The third-order valence-electron chi connectivity index (χ3n) is 2.61. The standard InChI is InChI=1S/C9H17N3O4/c1-12(9(15)11-3-2-10)7-5-16-4-6(7)8(13)14/h6-7H,2-5,10H2,1H3,(H,11,15)(H,13,14). The van der Waals surface area contributed by atoms with Crippen LogP contribution in [-0.4, -0.2) is 61.4 Å². The second-order valence-electron chi connectivity index (χ2n) is 3.68. The van der Waals surface area contributed by atoms with E-state index in [2.05, 4.69) is 5.32 Å². The summed E-state index contributed by atoms with van der Waals surface area (Å²) < 4.78 is 5.08. The third-order valence-corrected chi connectivity index (χ3v) is 2.61. The van der Waals surface area contributed by atoms with Gasteiger partial charge >= 0.3 is 12.0 Å². The molecule has 1 fully saturated rings. The van der Waals surface area contributed by atoms with Crippen molar-refractivity contribution in [2.24, 2.45) is 11.7 Å². The summed E-state index contributed by atoms with van der Waals surface area (Å²) in [7, 11) is 1.56. The van der Waals surface area contributed by atoms with Crippen LogP contribution in [0.5, 0.6) is 0 Å². The van der Waals surface area contributed by atoms with Crippen LogP contribution in [0.4, 0.5) is 4.79 Å². The molecular formula is C9H17N3O4. The molecule has 1 heterocycles. The SMILES string of the molecule is CN(C(=O)NCCN)C1COCC1C(=O)O. The fourth-order valence-electron chi connectivity index (χ4n) is 1.61. The van der Waals surface area contributed by atoms with Gasteiger partial charge in [0.15, 0.2) is 0 Å². The number of rotatable bonds is 4. The number of aliphatic carboxylic acids is 1. The summed E-state index contributed by atoms with van der Waals surface area (Å²) in [6.45, 7) is 1.12. The average Bonchev–Trinajstić information content (AvgIpc) is 2.73. The van der Waals surface area contributed by atoms with E-state index in [0.29, 0.717) is 13.1 Å². The van der Waals surface area contributed by atoms with E-state index < -0.39 is 17.9 Å². The van der Waals surface area contributed by atoms with Crippen molar-refractivity contribution in [3.05, 3.63) is 0 Å². The molecule has 7 heteroatoms. The largest absolute Gasteiger partial charge is 0.481 e. The maximum atomic E-state index is 11.6. The molecule has 0 aliphatic carbocycles. The number of urea groups is 1. The van der Waals surface area contributed by atoms with Gasteiger partial charge in [-0.05, 0) is 0 Å². The minimum Gasteiger partial charge on any atom is -0.481 e. The Hall–Kier alpha value is -1.34. The summed E-state index contributed by atoms with van der Waals surface area (Å²) in [4.78, 5) is 23.8. The Bertz CT molecular complexity index is 271. The van der Waals surface area contributed by atoms with Gasteiger partial charge in [-0.25, -0.2) is 4.79 Å². The molecule has 2 unspecified atom stereocenters. The van der Waals surface area contributed by atoms with Crippen LogP contribution in [0.25, 0.3) is 0 Å². The summed E-state index contributed by atoms with van der Waals surface area (Å²) in [5.74, 6) is -1.60. The van der Waals surface area contributed by atoms with Crippen molar-refractivity contribution < 1.29 is 19.4 Å². The van der Waals surface area contributed by atoms with E-state index in [1.807, 2.05) is 0 Å². The van der Waals surface area contributed by atoms with Gasteiger partial charge in [0, 0.05) is 20.1 Å². The minimum absolute atomic E-state index is 0.147. The van der Waals surface area contributed by atoms with Crippen molar-refractivity contribution in [3.8, 4) is 0 Å². The van der Waals surface area contributed by atoms with Crippen molar-refractivity contribution in [1.29, 1.82) is 0 Å². The van der Waals surface area contributed by atoms with Crippen LogP contribution >= 0.6 is 0 Å². The molecule has 0 saturated carbocycles. The number of ether oxygens (including phenoxy) is 1. The van der Waals surface area contributed by atoms with Gasteiger partial charge in [0.25, 0.3) is 0 Å². The number of likely N-dealkylation sites (N-methyl/N-ethyl adjacent to an activating group) is 1. The van der Waals surface area contributed by atoms with Crippen molar-refractivity contribution in [3.63, 3.8) is 0 Å². The quantitative estimate of drug-likeness (QED) is 0.557. The van der Waals surface area contributed by atoms with Gasteiger partial charge in [-0.15, -0.1) is 0 Å². The zero-order valence-electron chi connectivity index (χ0n) is 9.18. The van der Waals surface area contributed by atoms with Crippen molar-refractivity contribution in [2.45, 2.75) is 6.04 Å². The first kappa shape index (κ1) is 12.7. The van der Waals surface area contributed by atoms with Gasteiger partial charge in [-0.3, -0.25) is 4.79 Å². The molecule has 4 N–H and O–H groups in total. The fraction of sp³-hybridized carbons (Fsp3) is 0.778. The maximum Gasteiger partial charge on any atom is 0.317 e. The molecule has 0 bridgehead atoms. The highest BCUT2D eigenvalue weighted by molar-refractivity contribution is 5.77. The molecule has 1 saturated heterocycles. The number of hydrogen-bond donors (Lipinski definition) is 3. The predicted molar refractivity (Wildman–Crippen MR) is 55.9 cm³/mol. The van der Waals surface area contributed by atoms with Crippen LogP contribution in [0.15, 0.2) is 0 Å². The van der Waals surface area contributed by atoms with E-state index in [1.165, 1.54) is 4.90 Å². The monoisotopic (exact) mass is 231 g/mol. The Morgan fingerprint density at radius 1 is 1.56 bits per heavy atom. The van der Waals surface area contributed by atoms with E-state index in [1.54, 1.807) is 7.05 Å². The van der Waals surface area contributed by atoms with E-state index in [-0.39, 0.29) is 19.2 Å². The Morgan fingerprint density at radius 3 is 2.81 bits per heavy atom. The number of nitrogens with two attached hydrogens (primary N) is 1. The second kappa shape index (κ2) is 5.66. The molecule has 2 amide bonds. The molecule has 1 rings (SSSR count). The predicted octanol–water partition coefficient (Wildman–Crippen LogP) is -1.31. The molecule has 16 heavy (non-hydrogen) atoms. The third kappa shape index (κ3) is 2.83. The van der Waals surface area contributed by atoms with Crippen LogP contribution in [0.1, 0.15) is 0 Å². The topological polar surface area (TPSA) is 105 Å². The Kier molecular flexibility index (Phi) is 4.51. The molecule has 0 spiro atoms. The number of amides is 2. The number of carboxylic acids is 1. The lowest BCUT2D eigenvalue weighted by Crippen LogP contribution is -2.49. The number of hydrogen-bond acceptors (Lipinski definition) is 4. The van der Waals surface area contributed by atoms with Crippen LogP contribution < -0.4 is 11.1 Å². The van der Waals surface area contributed by atoms with Gasteiger partial charge in [-0.1, -0.05) is 0 Å². The summed E-state index contributed by atoms with van der Waals surface area (Å²) in [5, 5.41) is 11.5. The number of carboxylic acid groups (broad SMARTS) is 1. The summed E-state index contributed by atoms with van der Waals surface area (Å²) in [6, 6.07) is -0.748. The Balaban J connectivity index is 2.55. The lowest BCUT2D eigenvalue weighted by atomic mass is 10.0. The first-order valence-corrected chi connectivity index (χ1v) is 5.09. The first-order valence-electron chi connectivity index (χ1n) is 5.09. The van der Waals surface area contributed by atoms with Crippen molar-refractivity contribution >= 4 is 12.0 Å². The molecule has 1 aliphatic heterocycles. The number of carbonyl (C=O) groups excluding carboxylic acids is 1. The molecular weight excluding hydrogens is 214 g/mol. The Morgan fingerprint density at radius 2 is 2.25 bits per heavy atom. The molecule has 0 aromatic rings. The summed E-state index contributed by atoms with van der Waals surface area (Å²) in [6.07, 6.45) is 0. The van der Waals surface area contributed by atoms with E-state index in [9.17, 15) is 9.59 Å². The molecule has 0 aromatic carbocycles. The van der Waals surface area contributed by atoms with Gasteiger partial charge < -0.3 is 25.8 Å². The Labute approximate surface area is 93.5 Å². The number of nitrogens with one attached hydrogen (secondary N) is 1. The maximum absolute atomic E-state index is 11.6. The highest BCUT2D eigenvalue weighted by atomic mass is 16.5. The van der Waals surface area contributed by atoms with Crippen LogP contribution in [-0.2, 0) is 9.53 Å². The smallest absolute Gasteiger partial charge is 0.317 e. The molecule has 0 radical (unpaired) electrons. The zero-order valence-corrected chi connectivity index (χ0v) is 9.18. The summed E-state index contributed by atoms with van der Waals surface area (Å²) >= 11 is 0. The van der Waals surface area contributed by atoms with E-state index >= 15 is 0 Å². The van der Waals surface area contributed by atoms with Gasteiger partial charge in [-0.2, -0.15) is 0 Å². The molecule has 0 aromatic heterocycles. The second-order valence-corrected chi connectivity index (χ2v) is 3.68. The minimum atomic E-state index is -0.944. The van der Waals surface area contributed by atoms with Crippen LogP contribution in [0.3, 0.4) is 0 Å². The lowest BCUT2D eigenvalue weighted by Gasteiger charge is -2.26. The molecule has 1 aliphatic rings. The average molecular weight is 231 g/mol. The highest BCUT2D eigenvalue weighted by Gasteiger charge is 2.38. The van der Waals surface area contributed by atoms with Gasteiger partial charge in [0.2, 0.25) is 0 Å². The number of carbonyl (C=O) groups is 2. The number of nitrogens with zero attached hydrogens (tertiary/aromatic N) is 1. The normalized spacial score (nSPS) is 24.1. The summed E-state index contributed by atoms with van der Waals surface area (Å²) in [5.41, 5.74) is 5.25. The lowest BCUT2D eigenvalue weighted by molar-refractivity contribution is -0.142. The van der Waals surface area contributed by atoms with Crippen LogP contribution in [0.2, 0.25) is 0 Å². The highest BCUT2D eigenvalue weighted by Crippen LogP contribution is 2.18. The van der Waals surface area contributed by atoms with Gasteiger partial charge in [0.05, 0.1) is 19.3 Å². The first-order chi connectivity index (χ1) is 7.57. The van der Waals surface area contributed by atoms with E-state index in [0.717, 1.165) is 0 Å². The van der Waals surface area contributed by atoms with Crippen LogP contribution in [0, 0.1) is 5.92 Å². The zero-order chi connectivity index (χ0) is 12.1. The van der Waals surface area contributed by atoms with Crippen molar-refractivity contribution in [1.82, 2.24) is 10.2 Å². The van der Waals surface area contributed by atoms with E-state index in [4.69, 9.17) is 15.6 Å². The fourth-order valence-corrected chi connectivity index (χ4v) is 1.61. The molecule has 2 atom stereocenters. The van der Waals surface area contributed by atoms with Gasteiger partial charge in [0.1, 0.15) is 5.92 Å².